The largest absolute Gasteiger partial charge is 0.298 e. The first kappa shape index (κ1) is 23.1. The van der Waals surface area contributed by atoms with Crippen LogP contribution in [0.4, 0.5) is 8.78 Å². The lowest BCUT2D eigenvalue weighted by molar-refractivity contribution is 0.577. The molecule has 0 spiro atoms. The lowest BCUT2D eigenvalue weighted by Gasteiger charge is -2.23. The van der Waals surface area contributed by atoms with Gasteiger partial charge in [-0.1, -0.05) is 72.8 Å². The van der Waals surface area contributed by atoms with E-state index in [-0.39, 0.29) is 11.4 Å². The fourth-order valence-electron chi connectivity index (χ4n) is 4.85. The average Bonchev–Trinajstić information content (AvgIpc) is 2.94. The molecule has 6 heteroatoms. The van der Waals surface area contributed by atoms with Crippen LogP contribution in [0, 0.1) is 33.8 Å². The van der Waals surface area contributed by atoms with Crippen molar-refractivity contribution >= 4 is 34.0 Å². The van der Waals surface area contributed by atoms with E-state index in [0.717, 1.165) is 39.9 Å². The molecule has 0 atom stereocenters. The van der Waals surface area contributed by atoms with Gasteiger partial charge in [-0.25, -0.2) is 13.8 Å². The number of hydrogen-bond donors (Lipinski definition) is 2. The first-order chi connectivity index (χ1) is 18.5. The highest BCUT2D eigenvalue weighted by Crippen LogP contribution is 2.38. The molecular weight excluding hydrogens is 478 g/mol. The van der Waals surface area contributed by atoms with Crippen molar-refractivity contribution in [3.8, 4) is 28.5 Å². The van der Waals surface area contributed by atoms with E-state index in [9.17, 15) is 8.78 Å². The Morgan fingerprint density at radius 2 is 1.32 bits per heavy atom. The lowest BCUT2D eigenvalue weighted by atomic mass is 9.82. The Hall–Kier alpha value is -5.28. The van der Waals surface area contributed by atoms with Crippen LogP contribution in [0.5, 0.6) is 0 Å². The first-order valence-electron chi connectivity index (χ1n) is 11.8. The Morgan fingerprint density at radius 3 is 2.00 bits per heavy atom. The molecule has 0 amide bonds. The second-order valence-electron chi connectivity index (χ2n) is 8.94. The Morgan fingerprint density at radius 1 is 0.684 bits per heavy atom. The normalized spacial score (nSPS) is 12.7. The molecule has 1 aliphatic carbocycles. The molecule has 0 saturated heterocycles. The number of hydrogen-bond acceptors (Lipinski definition) is 4. The number of pyridine rings is 1. The molecule has 1 aliphatic rings. The van der Waals surface area contributed by atoms with Crippen LogP contribution in [0.2, 0.25) is 0 Å². The predicted molar refractivity (Wildman–Crippen MR) is 146 cm³/mol. The standard InChI is InChI=1S/C32H18F2N4/c33-26-14-21(15-27(34)25(26)17-35)18-10-12-19(13-11-18)23-16-24-29(31(37)30(23)36)22-8-4-5-9-28(22)38-32(24)20-6-2-1-3-7-20/h1-16,36-37H. The summed E-state index contributed by atoms with van der Waals surface area (Å²) in [6.07, 6.45) is 1.90. The minimum Gasteiger partial charge on any atom is -0.298 e. The highest BCUT2D eigenvalue weighted by molar-refractivity contribution is 6.64. The van der Waals surface area contributed by atoms with E-state index in [2.05, 4.69) is 0 Å². The molecule has 0 saturated carbocycles. The number of rotatable bonds is 3. The maximum absolute atomic E-state index is 14.2. The van der Waals surface area contributed by atoms with Crippen molar-refractivity contribution < 1.29 is 8.78 Å². The summed E-state index contributed by atoms with van der Waals surface area (Å²) in [7, 11) is 0. The van der Waals surface area contributed by atoms with Gasteiger partial charge in [0.05, 0.1) is 22.6 Å². The third kappa shape index (κ3) is 3.69. The summed E-state index contributed by atoms with van der Waals surface area (Å²) in [5.41, 5.74) is 5.52. The number of halogens is 2. The van der Waals surface area contributed by atoms with E-state index in [1.165, 1.54) is 6.07 Å². The molecule has 5 aromatic rings. The molecular formula is C32H18F2N4. The van der Waals surface area contributed by atoms with E-state index >= 15 is 0 Å². The Labute approximate surface area is 217 Å². The number of benzene rings is 4. The molecule has 0 fully saturated rings. The van der Waals surface area contributed by atoms with Crippen molar-refractivity contribution in [2.75, 3.05) is 0 Å². The van der Waals surface area contributed by atoms with Crippen molar-refractivity contribution in [1.82, 2.24) is 4.98 Å². The van der Waals surface area contributed by atoms with Crippen molar-refractivity contribution in [2.24, 2.45) is 0 Å². The maximum atomic E-state index is 14.2. The third-order valence-electron chi connectivity index (χ3n) is 6.72. The Balaban J connectivity index is 1.51. The Bertz CT molecular complexity index is 1840. The topological polar surface area (TPSA) is 84.4 Å². The van der Waals surface area contributed by atoms with Gasteiger partial charge in [-0.05, 0) is 41.0 Å². The van der Waals surface area contributed by atoms with E-state index in [4.69, 9.17) is 21.1 Å². The SMILES string of the molecule is N#Cc1c(F)cc(-c2ccc(C3=Cc4c(-c5ccccc5)nc5ccccc5c4C(=N)C3=N)cc2)cc1F. The van der Waals surface area contributed by atoms with Gasteiger partial charge in [0.1, 0.15) is 23.3 Å². The zero-order valence-corrected chi connectivity index (χ0v) is 19.9. The van der Waals surface area contributed by atoms with Gasteiger partial charge >= 0.3 is 0 Å². The van der Waals surface area contributed by atoms with Gasteiger partial charge in [0.2, 0.25) is 0 Å². The zero-order valence-electron chi connectivity index (χ0n) is 19.9. The van der Waals surface area contributed by atoms with Gasteiger partial charge in [0, 0.05) is 27.6 Å². The summed E-state index contributed by atoms with van der Waals surface area (Å²) in [5.74, 6) is -1.83. The molecule has 4 aromatic carbocycles. The van der Waals surface area contributed by atoms with Gasteiger partial charge in [0.25, 0.3) is 0 Å². The summed E-state index contributed by atoms with van der Waals surface area (Å²) >= 11 is 0. The van der Waals surface area contributed by atoms with Crippen LogP contribution in [0.25, 0.3) is 44.9 Å². The minimum atomic E-state index is -0.915. The van der Waals surface area contributed by atoms with Gasteiger partial charge in [-0.15, -0.1) is 0 Å². The smallest absolute Gasteiger partial charge is 0.144 e. The summed E-state index contributed by atoms with van der Waals surface area (Å²) < 4.78 is 28.3. The van der Waals surface area contributed by atoms with E-state index in [1.807, 2.05) is 60.7 Å². The fraction of sp³-hybridized carbons (Fsp3) is 0. The summed E-state index contributed by atoms with van der Waals surface area (Å²) in [6.45, 7) is 0. The first-order valence-corrected chi connectivity index (χ1v) is 11.8. The van der Waals surface area contributed by atoms with Crippen molar-refractivity contribution in [1.29, 1.82) is 16.1 Å². The quantitative estimate of drug-likeness (QED) is 0.269. The maximum Gasteiger partial charge on any atom is 0.144 e. The molecule has 0 radical (unpaired) electrons. The molecule has 38 heavy (non-hydrogen) atoms. The monoisotopic (exact) mass is 496 g/mol. The molecule has 0 bridgehead atoms. The van der Waals surface area contributed by atoms with E-state index in [1.54, 1.807) is 24.3 Å². The van der Waals surface area contributed by atoms with Gasteiger partial charge in [0.15, 0.2) is 0 Å². The molecule has 180 valence electrons. The van der Waals surface area contributed by atoms with Crippen LogP contribution in [0.15, 0.2) is 91.0 Å². The van der Waals surface area contributed by atoms with Crippen LogP contribution in [-0.2, 0) is 0 Å². The van der Waals surface area contributed by atoms with Crippen LogP contribution in [0.1, 0.15) is 22.3 Å². The van der Waals surface area contributed by atoms with Gasteiger partial charge in [-0.3, -0.25) is 10.8 Å². The third-order valence-corrected chi connectivity index (χ3v) is 6.72. The van der Waals surface area contributed by atoms with Crippen LogP contribution < -0.4 is 0 Å². The predicted octanol–water partition coefficient (Wildman–Crippen LogP) is 7.66. The lowest BCUT2D eigenvalue weighted by Crippen LogP contribution is -2.21. The summed E-state index contributed by atoms with van der Waals surface area (Å²) in [6, 6.07) is 28.1. The van der Waals surface area contributed by atoms with Crippen LogP contribution in [0.3, 0.4) is 0 Å². The Kier molecular flexibility index (Phi) is 5.47. The number of nitrogens with one attached hydrogen (secondary N) is 2. The molecule has 2 N–H and O–H groups in total. The number of fused-ring (bicyclic) bond motifs is 3. The average molecular weight is 497 g/mol. The van der Waals surface area contributed by atoms with Gasteiger partial charge in [-0.2, -0.15) is 5.26 Å². The van der Waals surface area contributed by atoms with Crippen LogP contribution in [-0.4, -0.2) is 16.4 Å². The molecule has 0 aliphatic heterocycles. The van der Waals surface area contributed by atoms with Crippen molar-refractivity contribution in [3.63, 3.8) is 0 Å². The van der Waals surface area contributed by atoms with E-state index in [0.29, 0.717) is 27.8 Å². The molecule has 4 nitrogen and oxygen atoms in total. The van der Waals surface area contributed by atoms with Crippen molar-refractivity contribution in [2.45, 2.75) is 0 Å². The van der Waals surface area contributed by atoms with Gasteiger partial charge < -0.3 is 0 Å². The van der Waals surface area contributed by atoms with Crippen molar-refractivity contribution in [3.05, 3.63) is 125 Å². The highest BCUT2D eigenvalue weighted by Gasteiger charge is 2.27. The second kappa shape index (κ2) is 8.99. The second-order valence-corrected chi connectivity index (χ2v) is 8.94. The number of nitrogens with zero attached hydrogens (tertiary/aromatic N) is 2. The molecule has 1 aromatic heterocycles. The number of aromatic nitrogens is 1. The molecule has 1 heterocycles. The zero-order chi connectivity index (χ0) is 26.4. The van der Waals surface area contributed by atoms with E-state index < -0.39 is 17.2 Å². The summed E-state index contributed by atoms with van der Waals surface area (Å²) in [4.78, 5) is 4.93. The molecule has 6 rings (SSSR count). The number of para-hydroxylation sites is 1. The fourth-order valence-corrected chi connectivity index (χ4v) is 4.85. The number of nitriles is 1. The molecule has 0 unspecified atom stereocenters. The number of allylic oxidation sites excluding steroid dienone is 1. The highest BCUT2D eigenvalue weighted by atomic mass is 19.1. The minimum absolute atomic E-state index is 0.0797. The van der Waals surface area contributed by atoms with Crippen LogP contribution >= 0.6 is 0 Å². The summed E-state index contributed by atoms with van der Waals surface area (Å²) in [5, 5.41) is 27.5.